The lowest BCUT2D eigenvalue weighted by atomic mass is 9.97. The summed E-state index contributed by atoms with van der Waals surface area (Å²) in [7, 11) is 0. The molecule has 0 N–H and O–H groups in total. The monoisotopic (exact) mass is 666 g/mol. The number of hydrogen-bond donors (Lipinski definition) is 0. The second-order valence-corrected chi connectivity index (χ2v) is 13.7. The van der Waals surface area contributed by atoms with E-state index >= 15 is 0 Å². The molecule has 0 aliphatic rings. The molecule has 1 atom stereocenters. The summed E-state index contributed by atoms with van der Waals surface area (Å²) in [6.45, 7) is 4.34. The van der Waals surface area contributed by atoms with E-state index in [0.29, 0.717) is 0 Å². The molecule has 1 heterocycles. The third-order valence-electron chi connectivity index (χ3n) is 10.4. The minimum Gasteiger partial charge on any atom is -0.309 e. The van der Waals surface area contributed by atoms with Gasteiger partial charge in [-0.2, -0.15) is 0 Å². The average molecular weight is 667 g/mol. The summed E-state index contributed by atoms with van der Waals surface area (Å²) in [4.78, 5) is 5.22. The predicted molar refractivity (Wildman–Crippen MR) is 223 cm³/mol. The van der Waals surface area contributed by atoms with Gasteiger partial charge in [-0.25, -0.2) is 0 Å². The molecule has 0 fully saturated rings. The lowest BCUT2D eigenvalue weighted by molar-refractivity contribution is 0.967. The van der Waals surface area contributed by atoms with Crippen LogP contribution in [0, 0.1) is 0 Å². The summed E-state index contributed by atoms with van der Waals surface area (Å²) in [5.41, 5.74) is 11.5. The van der Waals surface area contributed by atoms with Gasteiger partial charge in [-0.3, -0.25) is 4.99 Å². The van der Waals surface area contributed by atoms with Gasteiger partial charge in [0.05, 0.1) is 16.7 Å². The first-order valence-electron chi connectivity index (χ1n) is 18.0. The molecule has 0 bridgehead atoms. The normalized spacial score (nSPS) is 13.0. The number of para-hydroxylation sites is 1. The van der Waals surface area contributed by atoms with Crippen LogP contribution >= 0.6 is 0 Å². The van der Waals surface area contributed by atoms with Crippen molar-refractivity contribution >= 4 is 54.8 Å². The first kappa shape index (κ1) is 31.5. The minimum atomic E-state index is 0.229. The van der Waals surface area contributed by atoms with Crippen LogP contribution in [-0.4, -0.2) is 10.3 Å². The van der Waals surface area contributed by atoms with Gasteiger partial charge in [-0.15, -0.1) is 0 Å². The SMILES string of the molecule is C/C(=N\C(=C/C(C)c1ccccc1)c1ccccc1)c1ccc(-n2c3ccccc3c3c4ccc(-c5ccc6ccccc6c5)cc4ccc32)cc1. The molecule has 9 aromatic rings. The van der Waals surface area contributed by atoms with Gasteiger partial charge >= 0.3 is 0 Å². The van der Waals surface area contributed by atoms with E-state index in [9.17, 15) is 0 Å². The highest BCUT2D eigenvalue weighted by Gasteiger charge is 2.16. The van der Waals surface area contributed by atoms with Crippen LogP contribution in [0.4, 0.5) is 0 Å². The molecule has 1 unspecified atom stereocenters. The van der Waals surface area contributed by atoms with E-state index in [4.69, 9.17) is 4.99 Å². The number of fused-ring (bicyclic) bond motifs is 6. The Morgan fingerprint density at radius 2 is 1.15 bits per heavy atom. The fraction of sp³-hybridized carbons (Fsp3) is 0.0600. The second-order valence-electron chi connectivity index (χ2n) is 13.7. The Morgan fingerprint density at radius 3 is 1.94 bits per heavy atom. The highest BCUT2D eigenvalue weighted by Crippen LogP contribution is 2.38. The van der Waals surface area contributed by atoms with E-state index in [1.54, 1.807) is 0 Å². The van der Waals surface area contributed by atoms with Crippen molar-refractivity contribution in [2.75, 3.05) is 0 Å². The van der Waals surface area contributed by atoms with Crippen LogP contribution in [0.5, 0.6) is 0 Å². The Labute approximate surface area is 304 Å². The molecule has 0 spiro atoms. The van der Waals surface area contributed by atoms with Crippen LogP contribution in [0.2, 0.25) is 0 Å². The van der Waals surface area contributed by atoms with Crippen LogP contribution in [0.25, 0.3) is 65.9 Å². The Kier molecular flexibility index (Phi) is 8.06. The van der Waals surface area contributed by atoms with Crippen molar-refractivity contribution < 1.29 is 0 Å². The zero-order valence-electron chi connectivity index (χ0n) is 29.4. The Morgan fingerprint density at radius 1 is 0.519 bits per heavy atom. The van der Waals surface area contributed by atoms with E-state index in [-0.39, 0.29) is 5.92 Å². The van der Waals surface area contributed by atoms with Crippen molar-refractivity contribution in [1.82, 2.24) is 4.57 Å². The Hall–Kier alpha value is -6.51. The lowest BCUT2D eigenvalue weighted by Gasteiger charge is -2.12. The summed E-state index contributed by atoms with van der Waals surface area (Å²) in [6, 6.07) is 65.5. The van der Waals surface area contributed by atoms with Crippen LogP contribution in [-0.2, 0) is 0 Å². The van der Waals surface area contributed by atoms with E-state index < -0.39 is 0 Å². The van der Waals surface area contributed by atoms with E-state index in [1.165, 1.54) is 60.0 Å². The van der Waals surface area contributed by atoms with Gasteiger partial charge < -0.3 is 4.57 Å². The second kappa shape index (κ2) is 13.3. The standard InChI is InChI=1S/C50H38N2/c1-34(36-13-5-3-6-14-36)31-47(39-16-7-4-8-17-39)51-35(2)37-23-27-44(28-24-37)52-48-20-12-11-19-46(48)50-45-29-25-42(33-43(45)26-30-49(50)52)41-22-21-38-15-9-10-18-40(38)32-41/h3-34H,1-2H3/b47-31-,51-35+. The fourth-order valence-corrected chi connectivity index (χ4v) is 7.62. The summed E-state index contributed by atoms with van der Waals surface area (Å²) < 4.78 is 2.40. The zero-order chi connectivity index (χ0) is 35.0. The van der Waals surface area contributed by atoms with Crippen molar-refractivity contribution in [3.05, 3.63) is 205 Å². The molecule has 0 saturated heterocycles. The summed E-state index contributed by atoms with van der Waals surface area (Å²) in [5, 5.41) is 7.57. The third-order valence-corrected chi connectivity index (χ3v) is 10.4. The first-order valence-corrected chi connectivity index (χ1v) is 18.0. The summed E-state index contributed by atoms with van der Waals surface area (Å²) in [6.07, 6.45) is 2.27. The van der Waals surface area contributed by atoms with E-state index in [0.717, 1.165) is 28.2 Å². The number of allylic oxidation sites excluding steroid dienone is 1. The molecule has 2 nitrogen and oxygen atoms in total. The van der Waals surface area contributed by atoms with Crippen molar-refractivity contribution in [2.24, 2.45) is 4.99 Å². The molecule has 9 rings (SSSR count). The molecule has 0 amide bonds. The zero-order valence-corrected chi connectivity index (χ0v) is 29.4. The van der Waals surface area contributed by atoms with Crippen molar-refractivity contribution in [1.29, 1.82) is 0 Å². The van der Waals surface area contributed by atoms with Crippen LogP contribution in [0.1, 0.15) is 36.5 Å². The summed E-state index contributed by atoms with van der Waals surface area (Å²) >= 11 is 0. The van der Waals surface area contributed by atoms with Gasteiger partial charge in [-0.05, 0) is 92.7 Å². The molecule has 0 radical (unpaired) electrons. The number of rotatable bonds is 7. The van der Waals surface area contributed by atoms with Crippen molar-refractivity contribution in [3.63, 3.8) is 0 Å². The van der Waals surface area contributed by atoms with Crippen molar-refractivity contribution in [2.45, 2.75) is 19.8 Å². The lowest BCUT2D eigenvalue weighted by Crippen LogP contribution is -1.99. The molecule has 2 heteroatoms. The van der Waals surface area contributed by atoms with E-state index in [2.05, 4.69) is 206 Å². The smallest absolute Gasteiger partial charge is 0.0671 e. The molecule has 52 heavy (non-hydrogen) atoms. The fourth-order valence-electron chi connectivity index (χ4n) is 7.62. The average Bonchev–Trinajstić information content (AvgIpc) is 3.55. The van der Waals surface area contributed by atoms with Gasteiger partial charge in [0.2, 0.25) is 0 Å². The molecule has 1 aromatic heterocycles. The van der Waals surface area contributed by atoms with Crippen LogP contribution in [0.15, 0.2) is 193 Å². The van der Waals surface area contributed by atoms with Gasteiger partial charge in [0.25, 0.3) is 0 Å². The quantitative estimate of drug-likeness (QED) is 0.151. The summed E-state index contributed by atoms with van der Waals surface area (Å²) in [5.74, 6) is 0.229. The number of aliphatic imine (C=N–C) groups is 1. The number of aromatic nitrogens is 1. The third kappa shape index (κ3) is 5.79. The Bertz CT molecular complexity index is 2790. The maximum absolute atomic E-state index is 5.22. The van der Waals surface area contributed by atoms with Gasteiger partial charge in [0.1, 0.15) is 0 Å². The minimum absolute atomic E-state index is 0.229. The molecule has 0 aliphatic heterocycles. The highest BCUT2D eigenvalue weighted by molar-refractivity contribution is 6.21. The molecular formula is C50H38N2. The molecule has 0 saturated carbocycles. The number of hydrogen-bond acceptors (Lipinski definition) is 1. The molecule has 248 valence electrons. The first-order chi connectivity index (χ1) is 25.6. The van der Waals surface area contributed by atoms with Crippen LogP contribution in [0.3, 0.4) is 0 Å². The number of nitrogens with zero attached hydrogens (tertiary/aromatic N) is 2. The van der Waals surface area contributed by atoms with Gasteiger partial charge in [-0.1, -0.05) is 159 Å². The van der Waals surface area contributed by atoms with Gasteiger partial charge in [0.15, 0.2) is 0 Å². The van der Waals surface area contributed by atoms with Gasteiger partial charge in [0, 0.05) is 28.1 Å². The molecule has 0 aliphatic carbocycles. The highest BCUT2D eigenvalue weighted by atomic mass is 15.0. The predicted octanol–water partition coefficient (Wildman–Crippen LogP) is 13.4. The van der Waals surface area contributed by atoms with Crippen molar-refractivity contribution in [3.8, 4) is 16.8 Å². The maximum atomic E-state index is 5.22. The maximum Gasteiger partial charge on any atom is 0.0671 e. The Balaban J connectivity index is 1.10. The van der Waals surface area contributed by atoms with E-state index in [1.807, 2.05) is 0 Å². The molecular weight excluding hydrogens is 629 g/mol. The largest absolute Gasteiger partial charge is 0.309 e. The number of benzene rings is 8. The van der Waals surface area contributed by atoms with Crippen LogP contribution < -0.4 is 0 Å². The molecule has 8 aromatic carbocycles. The topological polar surface area (TPSA) is 17.3 Å².